The van der Waals surface area contributed by atoms with Crippen molar-refractivity contribution in [1.29, 1.82) is 0 Å². The highest BCUT2D eigenvalue weighted by atomic mass is 79.9. The molecule has 1 aromatic heterocycles. The molecule has 0 spiro atoms. The number of carboxylic acid groups (broad SMARTS) is 1. The van der Waals surface area contributed by atoms with Gasteiger partial charge in [-0.15, -0.1) is 0 Å². The van der Waals surface area contributed by atoms with Crippen LogP contribution in [0.25, 0.3) is 11.0 Å². The first-order valence-electron chi connectivity index (χ1n) is 6.11. The summed E-state index contributed by atoms with van der Waals surface area (Å²) in [6.07, 6.45) is 0.278. The third-order valence-electron chi connectivity index (χ3n) is 3.27. The van der Waals surface area contributed by atoms with Gasteiger partial charge in [-0.05, 0) is 37.6 Å². The SMILES string of the molecule is CCC(C)(NC(=O)c1cc2cc(Br)ccc2o1)C(=O)O. The number of aliphatic carboxylic acids is 1. The predicted molar refractivity (Wildman–Crippen MR) is 77.7 cm³/mol. The van der Waals surface area contributed by atoms with Crippen molar-refractivity contribution in [2.24, 2.45) is 0 Å². The zero-order chi connectivity index (χ0) is 14.9. The zero-order valence-corrected chi connectivity index (χ0v) is 12.7. The van der Waals surface area contributed by atoms with Crippen LogP contribution in [0.4, 0.5) is 0 Å². The molecule has 6 heteroatoms. The number of fused-ring (bicyclic) bond motifs is 1. The van der Waals surface area contributed by atoms with Crippen molar-refractivity contribution in [3.63, 3.8) is 0 Å². The Bertz CT molecular complexity index is 679. The van der Waals surface area contributed by atoms with Crippen LogP contribution in [-0.2, 0) is 4.79 Å². The van der Waals surface area contributed by atoms with E-state index in [0.717, 1.165) is 9.86 Å². The maximum absolute atomic E-state index is 12.1. The van der Waals surface area contributed by atoms with Crippen molar-refractivity contribution in [1.82, 2.24) is 5.32 Å². The number of carbonyl (C=O) groups is 2. The molecule has 0 aliphatic carbocycles. The normalized spacial score (nSPS) is 13.9. The van der Waals surface area contributed by atoms with Crippen molar-refractivity contribution in [3.8, 4) is 0 Å². The van der Waals surface area contributed by atoms with E-state index in [-0.39, 0.29) is 12.2 Å². The Morgan fingerprint density at radius 2 is 2.10 bits per heavy atom. The number of carboxylic acids is 1. The van der Waals surface area contributed by atoms with Crippen LogP contribution in [0.3, 0.4) is 0 Å². The van der Waals surface area contributed by atoms with Gasteiger partial charge in [0.25, 0.3) is 5.91 Å². The molecule has 0 aliphatic heterocycles. The maximum atomic E-state index is 12.1. The van der Waals surface area contributed by atoms with Crippen LogP contribution in [0, 0.1) is 0 Å². The van der Waals surface area contributed by atoms with Gasteiger partial charge in [-0.3, -0.25) is 4.79 Å². The van der Waals surface area contributed by atoms with Gasteiger partial charge in [-0.2, -0.15) is 0 Å². The van der Waals surface area contributed by atoms with Crippen molar-refractivity contribution in [3.05, 3.63) is 34.5 Å². The molecule has 0 fully saturated rings. The Kier molecular flexibility index (Phi) is 3.85. The number of amides is 1. The van der Waals surface area contributed by atoms with Gasteiger partial charge < -0.3 is 14.8 Å². The fraction of sp³-hybridized carbons (Fsp3) is 0.286. The Hall–Kier alpha value is -1.82. The van der Waals surface area contributed by atoms with Gasteiger partial charge in [-0.1, -0.05) is 22.9 Å². The van der Waals surface area contributed by atoms with Crippen molar-refractivity contribution in [2.75, 3.05) is 0 Å². The van der Waals surface area contributed by atoms with Crippen molar-refractivity contribution < 1.29 is 19.1 Å². The van der Waals surface area contributed by atoms with Gasteiger partial charge in [-0.25, -0.2) is 4.79 Å². The Labute approximate surface area is 124 Å². The number of benzene rings is 1. The topological polar surface area (TPSA) is 79.5 Å². The van der Waals surface area contributed by atoms with E-state index in [4.69, 9.17) is 9.52 Å². The molecular formula is C14H14BrNO4. The van der Waals surface area contributed by atoms with Crippen LogP contribution >= 0.6 is 15.9 Å². The summed E-state index contributed by atoms with van der Waals surface area (Å²) in [7, 11) is 0. The number of hydrogen-bond acceptors (Lipinski definition) is 3. The number of nitrogens with one attached hydrogen (secondary N) is 1. The molecule has 0 radical (unpaired) electrons. The van der Waals surface area contributed by atoms with Crippen LogP contribution < -0.4 is 5.32 Å². The summed E-state index contributed by atoms with van der Waals surface area (Å²) in [6, 6.07) is 6.96. The van der Waals surface area contributed by atoms with E-state index in [1.165, 1.54) is 6.92 Å². The standard InChI is InChI=1S/C14H14BrNO4/c1-3-14(2,13(18)19)16-12(17)11-7-8-6-9(15)4-5-10(8)20-11/h4-7H,3H2,1-2H3,(H,16,17)(H,18,19). The summed E-state index contributed by atoms with van der Waals surface area (Å²) in [5.41, 5.74) is -0.733. The molecule has 1 unspecified atom stereocenters. The fourth-order valence-corrected chi connectivity index (χ4v) is 2.11. The summed E-state index contributed by atoms with van der Waals surface area (Å²) in [5.74, 6) is -1.52. The minimum absolute atomic E-state index is 0.0963. The second kappa shape index (κ2) is 5.28. The summed E-state index contributed by atoms with van der Waals surface area (Å²) >= 11 is 3.34. The van der Waals surface area contributed by atoms with E-state index in [1.807, 2.05) is 6.07 Å². The second-order valence-corrected chi connectivity index (χ2v) is 5.65. The summed E-state index contributed by atoms with van der Waals surface area (Å²) in [6.45, 7) is 3.16. The van der Waals surface area contributed by atoms with E-state index in [2.05, 4.69) is 21.2 Å². The molecule has 106 valence electrons. The predicted octanol–water partition coefficient (Wildman–Crippen LogP) is 3.18. The molecular weight excluding hydrogens is 326 g/mol. The van der Waals surface area contributed by atoms with E-state index >= 15 is 0 Å². The maximum Gasteiger partial charge on any atom is 0.329 e. The van der Waals surface area contributed by atoms with Crippen molar-refractivity contribution in [2.45, 2.75) is 25.8 Å². The van der Waals surface area contributed by atoms with E-state index < -0.39 is 17.4 Å². The number of furan rings is 1. The largest absolute Gasteiger partial charge is 0.480 e. The minimum Gasteiger partial charge on any atom is -0.480 e. The molecule has 2 N–H and O–H groups in total. The quantitative estimate of drug-likeness (QED) is 0.896. The van der Waals surface area contributed by atoms with Crippen LogP contribution in [0.15, 0.2) is 33.2 Å². The molecule has 0 saturated heterocycles. The van der Waals surface area contributed by atoms with E-state index in [0.29, 0.717) is 5.58 Å². The molecule has 20 heavy (non-hydrogen) atoms. The molecule has 0 bridgehead atoms. The van der Waals surface area contributed by atoms with Crippen LogP contribution in [0.5, 0.6) is 0 Å². The van der Waals surface area contributed by atoms with Gasteiger partial charge in [0.05, 0.1) is 0 Å². The number of rotatable bonds is 4. The highest BCUT2D eigenvalue weighted by Gasteiger charge is 2.33. The molecule has 5 nitrogen and oxygen atoms in total. The molecule has 1 heterocycles. The summed E-state index contributed by atoms with van der Waals surface area (Å²) in [5, 5.41) is 12.4. The molecule has 2 aromatic rings. The van der Waals surface area contributed by atoms with Crippen LogP contribution in [0.1, 0.15) is 30.8 Å². The van der Waals surface area contributed by atoms with Gasteiger partial charge in [0.15, 0.2) is 5.76 Å². The van der Waals surface area contributed by atoms with Crippen molar-refractivity contribution >= 4 is 38.8 Å². The van der Waals surface area contributed by atoms with Gasteiger partial charge >= 0.3 is 5.97 Å². The molecule has 0 saturated carbocycles. The van der Waals surface area contributed by atoms with Gasteiger partial charge in [0.2, 0.25) is 0 Å². The lowest BCUT2D eigenvalue weighted by atomic mass is 9.99. The summed E-state index contributed by atoms with van der Waals surface area (Å²) < 4.78 is 6.31. The smallest absolute Gasteiger partial charge is 0.329 e. The fourth-order valence-electron chi connectivity index (χ4n) is 1.73. The highest BCUT2D eigenvalue weighted by Crippen LogP contribution is 2.23. The number of halogens is 1. The van der Waals surface area contributed by atoms with Gasteiger partial charge in [0, 0.05) is 9.86 Å². The van der Waals surface area contributed by atoms with Crippen LogP contribution in [0.2, 0.25) is 0 Å². The lowest BCUT2D eigenvalue weighted by molar-refractivity contribution is -0.143. The Morgan fingerprint density at radius 1 is 1.40 bits per heavy atom. The first kappa shape index (κ1) is 14.6. The lowest BCUT2D eigenvalue weighted by Gasteiger charge is -2.23. The third kappa shape index (κ3) is 2.70. The number of carbonyl (C=O) groups excluding carboxylic acids is 1. The molecule has 2 rings (SSSR count). The molecule has 1 amide bonds. The molecule has 1 atom stereocenters. The third-order valence-corrected chi connectivity index (χ3v) is 3.76. The van der Waals surface area contributed by atoms with E-state index in [1.54, 1.807) is 25.1 Å². The molecule has 1 aromatic carbocycles. The monoisotopic (exact) mass is 339 g/mol. The first-order chi connectivity index (χ1) is 9.35. The second-order valence-electron chi connectivity index (χ2n) is 4.74. The first-order valence-corrected chi connectivity index (χ1v) is 6.90. The van der Waals surface area contributed by atoms with Gasteiger partial charge in [0.1, 0.15) is 11.1 Å². The average Bonchev–Trinajstić information content (AvgIpc) is 2.81. The van der Waals surface area contributed by atoms with E-state index in [9.17, 15) is 9.59 Å². The average molecular weight is 340 g/mol. The molecule has 0 aliphatic rings. The summed E-state index contributed by atoms with van der Waals surface area (Å²) in [4.78, 5) is 23.3. The zero-order valence-electron chi connectivity index (χ0n) is 11.1. The van der Waals surface area contributed by atoms with Crippen LogP contribution in [-0.4, -0.2) is 22.5 Å². The highest BCUT2D eigenvalue weighted by molar-refractivity contribution is 9.10. The minimum atomic E-state index is -1.31. The Morgan fingerprint density at radius 3 is 2.70 bits per heavy atom. The lowest BCUT2D eigenvalue weighted by Crippen LogP contribution is -2.51. The Balaban J connectivity index is 2.29. The number of hydrogen-bond donors (Lipinski definition) is 2.